The first-order valence-corrected chi connectivity index (χ1v) is 8.74. The Morgan fingerprint density at radius 3 is 2.56 bits per heavy atom. The Labute approximate surface area is 147 Å². The molecule has 6 nitrogen and oxygen atoms in total. The van der Waals surface area contributed by atoms with E-state index in [1.54, 1.807) is 4.90 Å². The average Bonchev–Trinajstić information content (AvgIpc) is 3.30. The molecule has 0 unspecified atom stereocenters. The Morgan fingerprint density at radius 1 is 1.28 bits per heavy atom. The number of nitrogens with one attached hydrogen (secondary N) is 1. The lowest BCUT2D eigenvalue weighted by molar-refractivity contribution is -0.147. The predicted molar refractivity (Wildman–Crippen MR) is 91.7 cm³/mol. The van der Waals surface area contributed by atoms with Crippen LogP contribution in [-0.4, -0.2) is 46.4 Å². The molecule has 2 amide bonds. The Kier molecular flexibility index (Phi) is 4.79. The second kappa shape index (κ2) is 6.86. The van der Waals surface area contributed by atoms with E-state index in [-0.39, 0.29) is 24.7 Å². The van der Waals surface area contributed by atoms with E-state index in [4.69, 9.17) is 0 Å². The van der Waals surface area contributed by atoms with Crippen LogP contribution in [0.1, 0.15) is 31.7 Å². The second-order valence-electron chi connectivity index (χ2n) is 7.43. The molecule has 1 heterocycles. The molecular formula is C19H24N2O4. The Morgan fingerprint density at radius 2 is 1.96 bits per heavy atom. The molecule has 134 valence electrons. The molecule has 25 heavy (non-hydrogen) atoms. The molecule has 1 aliphatic heterocycles. The Hall–Kier alpha value is -2.37. The predicted octanol–water partition coefficient (Wildman–Crippen LogP) is 1.45. The first-order chi connectivity index (χ1) is 11.9. The fourth-order valence-electron chi connectivity index (χ4n) is 3.29. The van der Waals surface area contributed by atoms with Gasteiger partial charge in [-0.2, -0.15) is 0 Å². The Balaban J connectivity index is 1.64. The van der Waals surface area contributed by atoms with Crippen molar-refractivity contribution in [2.24, 2.45) is 11.8 Å². The van der Waals surface area contributed by atoms with Crippen LogP contribution in [0.5, 0.6) is 0 Å². The molecule has 1 aromatic rings. The van der Waals surface area contributed by atoms with Gasteiger partial charge in [0.05, 0.1) is 5.92 Å². The number of likely N-dealkylation sites (tertiary alicyclic amines) is 1. The molecule has 1 aromatic carbocycles. The van der Waals surface area contributed by atoms with Gasteiger partial charge in [-0.15, -0.1) is 0 Å². The number of carbonyl (C=O) groups is 3. The van der Waals surface area contributed by atoms with Gasteiger partial charge >= 0.3 is 5.97 Å². The quantitative estimate of drug-likeness (QED) is 0.784. The summed E-state index contributed by atoms with van der Waals surface area (Å²) >= 11 is 0. The summed E-state index contributed by atoms with van der Waals surface area (Å²) in [5, 5.41) is 12.3. The summed E-state index contributed by atoms with van der Waals surface area (Å²) in [6.07, 6.45) is 2.66. The fraction of sp³-hybridized carbons (Fsp3) is 0.526. The van der Waals surface area contributed by atoms with E-state index in [0.29, 0.717) is 12.5 Å². The van der Waals surface area contributed by atoms with Crippen molar-refractivity contribution in [1.29, 1.82) is 0 Å². The van der Waals surface area contributed by atoms with Gasteiger partial charge in [-0.1, -0.05) is 30.3 Å². The standard InChI is InChI=1S/C19H24N2O4/c1-19(18(24)25,10-13-5-3-2-4-6-13)20-17(23)15-9-16(22)21(12-15)11-14-7-8-14/h2-6,14-15H,7-12H2,1H3,(H,20,23)(H,24,25)/t15-,19+/m0/s1. The van der Waals surface area contributed by atoms with Crippen LogP contribution < -0.4 is 5.32 Å². The van der Waals surface area contributed by atoms with Gasteiger partial charge < -0.3 is 15.3 Å². The first-order valence-electron chi connectivity index (χ1n) is 8.74. The van der Waals surface area contributed by atoms with Crippen LogP contribution in [0.15, 0.2) is 30.3 Å². The average molecular weight is 344 g/mol. The van der Waals surface area contributed by atoms with Crippen LogP contribution in [0.25, 0.3) is 0 Å². The van der Waals surface area contributed by atoms with Crippen molar-refractivity contribution in [3.63, 3.8) is 0 Å². The minimum Gasteiger partial charge on any atom is -0.480 e. The van der Waals surface area contributed by atoms with Gasteiger partial charge in [0.2, 0.25) is 11.8 Å². The maximum absolute atomic E-state index is 12.6. The maximum atomic E-state index is 12.6. The smallest absolute Gasteiger partial charge is 0.329 e. The van der Waals surface area contributed by atoms with E-state index < -0.39 is 17.4 Å². The lowest BCUT2D eigenvalue weighted by Crippen LogP contribution is -2.55. The van der Waals surface area contributed by atoms with Crippen molar-refractivity contribution in [2.45, 2.75) is 38.1 Å². The largest absolute Gasteiger partial charge is 0.480 e. The molecule has 0 spiro atoms. The van der Waals surface area contributed by atoms with E-state index >= 15 is 0 Å². The third-order valence-corrected chi connectivity index (χ3v) is 5.03. The molecule has 0 bridgehead atoms. The molecular weight excluding hydrogens is 320 g/mol. The lowest BCUT2D eigenvalue weighted by atomic mass is 9.91. The number of amides is 2. The van der Waals surface area contributed by atoms with Crippen LogP contribution in [0, 0.1) is 11.8 Å². The highest BCUT2D eigenvalue weighted by Gasteiger charge is 2.41. The SMILES string of the molecule is C[C@](Cc1ccccc1)(NC(=O)[C@H]1CC(=O)N(CC2CC2)C1)C(=O)O. The number of benzene rings is 1. The summed E-state index contributed by atoms with van der Waals surface area (Å²) in [4.78, 5) is 38.2. The minimum atomic E-state index is -1.40. The van der Waals surface area contributed by atoms with Gasteiger partial charge in [-0.3, -0.25) is 9.59 Å². The minimum absolute atomic E-state index is 0.00728. The van der Waals surface area contributed by atoms with Gasteiger partial charge in [0, 0.05) is 25.9 Å². The summed E-state index contributed by atoms with van der Waals surface area (Å²) in [5.41, 5.74) is -0.559. The lowest BCUT2D eigenvalue weighted by Gasteiger charge is -2.28. The molecule has 1 saturated heterocycles. The molecule has 2 fully saturated rings. The number of nitrogens with zero attached hydrogens (tertiary/aromatic N) is 1. The third-order valence-electron chi connectivity index (χ3n) is 5.03. The molecule has 3 rings (SSSR count). The first kappa shape index (κ1) is 17.5. The molecule has 2 N–H and O–H groups in total. The summed E-state index contributed by atoms with van der Waals surface area (Å²) < 4.78 is 0. The molecule has 1 aliphatic carbocycles. The van der Waals surface area contributed by atoms with Crippen molar-refractivity contribution in [3.05, 3.63) is 35.9 Å². The van der Waals surface area contributed by atoms with E-state index in [1.807, 2.05) is 30.3 Å². The number of carboxylic acids is 1. The van der Waals surface area contributed by atoms with Crippen molar-refractivity contribution < 1.29 is 19.5 Å². The normalized spacial score (nSPS) is 22.5. The third kappa shape index (κ3) is 4.18. The molecule has 0 aromatic heterocycles. The number of rotatable bonds is 7. The van der Waals surface area contributed by atoms with Crippen molar-refractivity contribution in [1.82, 2.24) is 10.2 Å². The highest BCUT2D eigenvalue weighted by Crippen LogP contribution is 2.32. The zero-order valence-electron chi connectivity index (χ0n) is 14.4. The van der Waals surface area contributed by atoms with Crippen molar-refractivity contribution in [3.8, 4) is 0 Å². The topological polar surface area (TPSA) is 86.7 Å². The van der Waals surface area contributed by atoms with Crippen LogP contribution in [0.3, 0.4) is 0 Å². The second-order valence-corrected chi connectivity index (χ2v) is 7.43. The van der Waals surface area contributed by atoms with Gasteiger partial charge in [0.15, 0.2) is 0 Å². The number of hydrogen-bond donors (Lipinski definition) is 2. The number of carboxylic acid groups (broad SMARTS) is 1. The zero-order chi connectivity index (χ0) is 18.0. The van der Waals surface area contributed by atoms with Gasteiger partial charge in [0.1, 0.15) is 5.54 Å². The van der Waals surface area contributed by atoms with Gasteiger partial charge in [0.25, 0.3) is 0 Å². The zero-order valence-corrected chi connectivity index (χ0v) is 14.4. The summed E-state index contributed by atoms with van der Waals surface area (Å²) in [6.45, 7) is 2.63. The highest BCUT2D eigenvalue weighted by atomic mass is 16.4. The molecule has 2 aliphatic rings. The van der Waals surface area contributed by atoms with E-state index in [0.717, 1.165) is 24.9 Å². The van der Waals surface area contributed by atoms with Crippen LogP contribution in [-0.2, 0) is 20.8 Å². The molecule has 0 radical (unpaired) electrons. The van der Waals surface area contributed by atoms with Crippen LogP contribution in [0.4, 0.5) is 0 Å². The summed E-state index contributed by atoms with van der Waals surface area (Å²) in [6, 6.07) is 9.21. The van der Waals surface area contributed by atoms with Crippen molar-refractivity contribution >= 4 is 17.8 Å². The fourth-order valence-corrected chi connectivity index (χ4v) is 3.29. The number of carbonyl (C=O) groups excluding carboxylic acids is 2. The summed E-state index contributed by atoms with van der Waals surface area (Å²) in [7, 11) is 0. The molecule has 2 atom stereocenters. The van der Waals surface area contributed by atoms with E-state index in [2.05, 4.69) is 5.32 Å². The maximum Gasteiger partial charge on any atom is 0.329 e. The number of aliphatic carboxylic acids is 1. The molecule has 6 heteroatoms. The Bertz CT molecular complexity index is 671. The van der Waals surface area contributed by atoms with E-state index in [1.165, 1.54) is 6.92 Å². The molecule has 1 saturated carbocycles. The van der Waals surface area contributed by atoms with Crippen LogP contribution >= 0.6 is 0 Å². The van der Waals surface area contributed by atoms with Crippen molar-refractivity contribution in [2.75, 3.05) is 13.1 Å². The van der Waals surface area contributed by atoms with Gasteiger partial charge in [-0.05, 0) is 31.2 Å². The van der Waals surface area contributed by atoms with Crippen LogP contribution in [0.2, 0.25) is 0 Å². The summed E-state index contributed by atoms with van der Waals surface area (Å²) in [5.74, 6) is -1.34. The van der Waals surface area contributed by atoms with Gasteiger partial charge in [-0.25, -0.2) is 4.79 Å². The number of hydrogen-bond acceptors (Lipinski definition) is 3. The monoisotopic (exact) mass is 344 g/mol. The van der Waals surface area contributed by atoms with E-state index in [9.17, 15) is 19.5 Å². The highest BCUT2D eigenvalue weighted by molar-refractivity contribution is 5.92.